The van der Waals surface area contributed by atoms with Gasteiger partial charge in [-0.15, -0.1) is 0 Å². The van der Waals surface area contributed by atoms with Crippen molar-refractivity contribution < 1.29 is 4.43 Å². The van der Waals surface area contributed by atoms with Gasteiger partial charge < -0.3 is 4.43 Å². The van der Waals surface area contributed by atoms with Crippen LogP contribution in [0.2, 0.25) is 18.1 Å². The molecule has 2 rings (SSSR count). The number of benzene rings is 2. The second kappa shape index (κ2) is 8.04. The summed E-state index contributed by atoms with van der Waals surface area (Å²) < 4.78 is 6.30. The molecule has 2 aromatic rings. The summed E-state index contributed by atoms with van der Waals surface area (Å²) in [6.07, 6.45) is 0. The Hall–Kier alpha value is -1.82. The fourth-order valence-electron chi connectivity index (χ4n) is 2.18. The summed E-state index contributed by atoms with van der Waals surface area (Å²) in [4.78, 5) is 0. The minimum absolute atomic E-state index is 0.218. The van der Waals surface area contributed by atoms with Crippen LogP contribution in [0.3, 0.4) is 0 Å². The second-order valence-corrected chi connectivity index (χ2v) is 13.0. The first-order valence-electron chi connectivity index (χ1n) is 8.98. The van der Waals surface area contributed by atoms with Crippen molar-refractivity contribution in [3.63, 3.8) is 0 Å². The molecule has 1 nitrogen and oxygen atoms in total. The maximum absolute atomic E-state index is 6.30. The highest BCUT2D eigenvalue weighted by atomic mass is 28.4. The van der Waals surface area contributed by atoms with Crippen LogP contribution in [0.4, 0.5) is 0 Å². The lowest BCUT2D eigenvalue weighted by Crippen LogP contribution is -2.40. The van der Waals surface area contributed by atoms with Gasteiger partial charge in [-0.25, -0.2) is 0 Å². The van der Waals surface area contributed by atoms with Crippen LogP contribution < -0.4 is 0 Å². The highest BCUT2D eigenvalue weighted by molar-refractivity contribution is 6.74. The lowest BCUT2D eigenvalue weighted by Gasteiger charge is -2.36. The van der Waals surface area contributed by atoms with Crippen LogP contribution in [0.5, 0.6) is 0 Å². The quantitative estimate of drug-likeness (QED) is 0.460. The Kier molecular flexibility index (Phi) is 6.27. The van der Waals surface area contributed by atoms with Crippen LogP contribution in [0.25, 0.3) is 0 Å². The predicted molar refractivity (Wildman–Crippen MR) is 110 cm³/mol. The predicted octanol–water partition coefficient (Wildman–Crippen LogP) is 6.36. The zero-order valence-corrected chi connectivity index (χ0v) is 17.4. The Labute approximate surface area is 154 Å². The fourth-order valence-corrected chi connectivity index (χ4v) is 3.14. The van der Waals surface area contributed by atoms with Gasteiger partial charge in [-0.05, 0) is 48.3 Å². The summed E-state index contributed by atoms with van der Waals surface area (Å²) in [7, 11) is -1.70. The van der Waals surface area contributed by atoms with Crippen LogP contribution in [0, 0.1) is 11.8 Å². The monoisotopic (exact) mass is 350 g/mol. The largest absolute Gasteiger partial charge is 0.413 e. The van der Waals surface area contributed by atoms with Gasteiger partial charge in [0, 0.05) is 11.5 Å². The van der Waals surface area contributed by atoms with E-state index >= 15 is 0 Å². The second-order valence-electron chi connectivity index (χ2n) is 8.15. The molecular weight excluding hydrogens is 320 g/mol. The Balaban J connectivity index is 1.99. The summed E-state index contributed by atoms with van der Waals surface area (Å²) in [6, 6.07) is 18.8. The third-order valence-corrected chi connectivity index (χ3v) is 9.57. The van der Waals surface area contributed by atoms with E-state index in [0.717, 1.165) is 5.56 Å². The zero-order valence-electron chi connectivity index (χ0n) is 16.4. The first-order chi connectivity index (χ1) is 11.7. The van der Waals surface area contributed by atoms with Gasteiger partial charge in [0.15, 0.2) is 8.32 Å². The minimum Gasteiger partial charge on any atom is -0.413 e. The molecule has 0 spiro atoms. The Morgan fingerprint density at radius 2 is 1.56 bits per heavy atom. The normalized spacial score (nSPS) is 13.0. The third-order valence-electron chi connectivity index (χ3n) is 5.09. The molecule has 0 bridgehead atoms. The van der Waals surface area contributed by atoms with Crippen molar-refractivity contribution in [2.24, 2.45) is 0 Å². The standard InChI is InChI=1S/C23H30OSi/c1-19(12-13-20-10-8-7-9-11-20)22-16-14-21(15-17-22)18-24-25(5,6)23(2,3)4/h7-11,14-17,19H,18H2,1-6H3. The average Bonchev–Trinajstić information content (AvgIpc) is 2.58. The lowest BCUT2D eigenvalue weighted by molar-refractivity contribution is 0.276. The molecule has 1 unspecified atom stereocenters. The van der Waals surface area contributed by atoms with Gasteiger partial charge in [-0.3, -0.25) is 0 Å². The average molecular weight is 351 g/mol. The van der Waals surface area contributed by atoms with E-state index in [2.05, 4.69) is 76.9 Å². The lowest BCUT2D eigenvalue weighted by atomic mass is 10.00. The molecule has 0 aliphatic rings. The molecular formula is C23H30OSi. The van der Waals surface area contributed by atoms with E-state index in [1.54, 1.807) is 0 Å². The summed E-state index contributed by atoms with van der Waals surface area (Å²) in [5.74, 6) is 6.80. The zero-order chi connectivity index (χ0) is 18.5. The Bertz CT molecular complexity index is 728. The van der Waals surface area contributed by atoms with E-state index in [1.165, 1.54) is 11.1 Å². The van der Waals surface area contributed by atoms with E-state index < -0.39 is 8.32 Å². The smallest absolute Gasteiger partial charge is 0.192 e. The molecule has 0 heterocycles. The number of hydrogen-bond donors (Lipinski definition) is 0. The third kappa shape index (κ3) is 5.59. The number of hydrogen-bond acceptors (Lipinski definition) is 1. The van der Waals surface area contributed by atoms with Gasteiger partial charge in [0.05, 0.1) is 6.61 Å². The molecule has 0 N–H and O–H groups in total. The molecule has 132 valence electrons. The molecule has 0 aliphatic heterocycles. The molecule has 0 saturated heterocycles. The maximum atomic E-state index is 6.30. The summed E-state index contributed by atoms with van der Waals surface area (Å²) in [5.41, 5.74) is 3.55. The summed E-state index contributed by atoms with van der Waals surface area (Å²) >= 11 is 0. The fraction of sp³-hybridized carbons (Fsp3) is 0.391. The van der Waals surface area contributed by atoms with Crippen LogP contribution in [0.1, 0.15) is 50.3 Å². The molecule has 2 heteroatoms. The minimum atomic E-state index is -1.70. The van der Waals surface area contributed by atoms with Crippen molar-refractivity contribution in [2.75, 3.05) is 0 Å². The van der Waals surface area contributed by atoms with Crippen LogP contribution in [-0.4, -0.2) is 8.32 Å². The molecule has 0 aromatic heterocycles. The van der Waals surface area contributed by atoms with Gasteiger partial charge in [-0.1, -0.05) is 75.1 Å². The molecule has 25 heavy (non-hydrogen) atoms. The Morgan fingerprint density at radius 1 is 0.960 bits per heavy atom. The molecule has 2 aromatic carbocycles. The summed E-state index contributed by atoms with van der Waals surface area (Å²) in [6.45, 7) is 14.3. The SMILES string of the molecule is CC(C#Cc1ccccc1)c1ccc(CO[Si](C)(C)C(C)(C)C)cc1. The van der Waals surface area contributed by atoms with Crippen LogP contribution in [0.15, 0.2) is 54.6 Å². The molecule has 0 fully saturated rings. The van der Waals surface area contributed by atoms with Crippen molar-refractivity contribution in [1.29, 1.82) is 0 Å². The molecule has 1 atom stereocenters. The highest BCUT2D eigenvalue weighted by Gasteiger charge is 2.36. The van der Waals surface area contributed by atoms with Crippen LogP contribution >= 0.6 is 0 Å². The Morgan fingerprint density at radius 3 is 2.12 bits per heavy atom. The van der Waals surface area contributed by atoms with Crippen molar-refractivity contribution in [1.82, 2.24) is 0 Å². The maximum Gasteiger partial charge on any atom is 0.192 e. The first kappa shape index (κ1) is 19.5. The molecule has 0 aliphatic carbocycles. The van der Waals surface area contributed by atoms with Crippen LogP contribution in [-0.2, 0) is 11.0 Å². The van der Waals surface area contributed by atoms with Crippen molar-refractivity contribution in [3.8, 4) is 11.8 Å². The molecule has 0 saturated carbocycles. The van der Waals surface area contributed by atoms with Gasteiger partial charge in [0.1, 0.15) is 0 Å². The van der Waals surface area contributed by atoms with E-state index in [1.807, 2.05) is 30.3 Å². The number of rotatable bonds is 4. The summed E-state index contributed by atoms with van der Waals surface area (Å²) in [5, 5.41) is 0.245. The van der Waals surface area contributed by atoms with Crippen molar-refractivity contribution in [3.05, 3.63) is 71.3 Å². The van der Waals surface area contributed by atoms with E-state index in [-0.39, 0.29) is 11.0 Å². The van der Waals surface area contributed by atoms with Crippen molar-refractivity contribution >= 4 is 8.32 Å². The van der Waals surface area contributed by atoms with E-state index in [0.29, 0.717) is 6.61 Å². The van der Waals surface area contributed by atoms with Gasteiger partial charge >= 0.3 is 0 Å². The van der Waals surface area contributed by atoms with Crippen molar-refractivity contribution in [2.45, 2.75) is 58.4 Å². The van der Waals surface area contributed by atoms with Gasteiger partial charge in [0.2, 0.25) is 0 Å². The van der Waals surface area contributed by atoms with E-state index in [9.17, 15) is 0 Å². The van der Waals surface area contributed by atoms with Gasteiger partial charge in [0.25, 0.3) is 0 Å². The topological polar surface area (TPSA) is 9.23 Å². The van der Waals surface area contributed by atoms with E-state index in [4.69, 9.17) is 4.43 Å². The van der Waals surface area contributed by atoms with Gasteiger partial charge in [-0.2, -0.15) is 0 Å². The first-order valence-corrected chi connectivity index (χ1v) is 11.9. The molecule has 0 radical (unpaired) electrons. The highest BCUT2D eigenvalue weighted by Crippen LogP contribution is 2.37. The molecule has 0 amide bonds.